The molecular formula is C13H17NO. The molecule has 2 nitrogen and oxygen atoms in total. The van der Waals surface area contributed by atoms with Gasteiger partial charge in [0.25, 0.3) is 0 Å². The molecule has 0 spiro atoms. The Bertz CT molecular complexity index is 395. The third-order valence-electron chi connectivity index (χ3n) is 3.08. The van der Waals surface area contributed by atoms with Gasteiger partial charge in [0, 0.05) is 5.41 Å². The summed E-state index contributed by atoms with van der Waals surface area (Å²) in [5.74, 6) is 0.161. The standard InChI is InChI=1S/C13H17NO/c1-9-5-4-6-10(7-9)11-8-13(2,3)12(15)14-11/h4-7,11H,8H2,1-3H3,(H,14,15). The third kappa shape index (κ3) is 1.89. The molecule has 1 aliphatic heterocycles. The van der Waals surface area contributed by atoms with Crippen molar-refractivity contribution in [3.05, 3.63) is 35.4 Å². The average Bonchev–Trinajstić information content (AvgIpc) is 2.42. The van der Waals surface area contributed by atoms with Crippen LogP contribution in [0.15, 0.2) is 24.3 Å². The van der Waals surface area contributed by atoms with Crippen LogP contribution in [0.4, 0.5) is 0 Å². The Balaban J connectivity index is 2.25. The van der Waals surface area contributed by atoms with Gasteiger partial charge in [0.1, 0.15) is 0 Å². The molecule has 2 heteroatoms. The monoisotopic (exact) mass is 203 g/mol. The van der Waals surface area contributed by atoms with E-state index in [9.17, 15) is 4.79 Å². The number of rotatable bonds is 1. The SMILES string of the molecule is Cc1cccc(C2CC(C)(C)C(=O)N2)c1. The van der Waals surface area contributed by atoms with Gasteiger partial charge in [0.15, 0.2) is 0 Å². The van der Waals surface area contributed by atoms with Crippen LogP contribution in [0.2, 0.25) is 0 Å². The highest BCUT2D eigenvalue weighted by Crippen LogP contribution is 2.36. The first-order valence-corrected chi connectivity index (χ1v) is 5.36. The van der Waals surface area contributed by atoms with E-state index in [1.807, 2.05) is 19.9 Å². The molecule has 1 atom stereocenters. The van der Waals surface area contributed by atoms with Gasteiger partial charge in [-0.25, -0.2) is 0 Å². The third-order valence-corrected chi connectivity index (χ3v) is 3.08. The largest absolute Gasteiger partial charge is 0.349 e. The fourth-order valence-corrected chi connectivity index (χ4v) is 2.10. The van der Waals surface area contributed by atoms with E-state index >= 15 is 0 Å². The smallest absolute Gasteiger partial charge is 0.226 e. The van der Waals surface area contributed by atoms with Crippen LogP contribution in [-0.2, 0) is 4.79 Å². The maximum absolute atomic E-state index is 11.7. The lowest BCUT2D eigenvalue weighted by Gasteiger charge is -2.13. The van der Waals surface area contributed by atoms with E-state index in [0.29, 0.717) is 0 Å². The Morgan fingerprint density at radius 2 is 2.13 bits per heavy atom. The van der Waals surface area contributed by atoms with E-state index in [0.717, 1.165) is 6.42 Å². The number of nitrogens with one attached hydrogen (secondary N) is 1. The molecule has 1 heterocycles. The summed E-state index contributed by atoms with van der Waals surface area (Å²) in [6.45, 7) is 6.07. The highest BCUT2D eigenvalue weighted by Gasteiger charge is 2.39. The molecule has 0 saturated carbocycles. The van der Waals surface area contributed by atoms with Crippen LogP contribution in [-0.4, -0.2) is 5.91 Å². The molecule has 1 amide bonds. The summed E-state index contributed by atoms with van der Waals surface area (Å²) in [5, 5.41) is 3.05. The topological polar surface area (TPSA) is 29.1 Å². The molecule has 15 heavy (non-hydrogen) atoms. The van der Waals surface area contributed by atoms with Crippen LogP contribution < -0.4 is 5.32 Å². The zero-order chi connectivity index (χ0) is 11.1. The van der Waals surface area contributed by atoms with Crippen molar-refractivity contribution in [1.29, 1.82) is 0 Å². The van der Waals surface area contributed by atoms with Crippen molar-refractivity contribution in [3.8, 4) is 0 Å². The van der Waals surface area contributed by atoms with Crippen molar-refractivity contribution in [2.45, 2.75) is 33.2 Å². The van der Waals surface area contributed by atoms with E-state index in [-0.39, 0.29) is 17.4 Å². The first-order valence-electron chi connectivity index (χ1n) is 5.36. The van der Waals surface area contributed by atoms with Crippen LogP contribution in [0.25, 0.3) is 0 Å². The predicted octanol–water partition coefficient (Wildman–Crippen LogP) is 2.58. The quantitative estimate of drug-likeness (QED) is 0.746. The van der Waals surface area contributed by atoms with E-state index in [2.05, 4.69) is 30.4 Å². The van der Waals surface area contributed by atoms with Gasteiger partial charge in [0.05, 0.1) is 6.04 Å². The first kappa shape index (κ1) is 10.2. The van der Waals surface area contributed by atoms with Gasteiger partial charge < -0.3 is 5.32 Å². The molecule has 2 rings (SSSR count). The lowest BCUT2D eigenvalue weighted by Crippen LogP contribution is -2.25. The van der Waals surface area contributed by atoms with E-state index in [1.54, 1.807) is 0 Å². The number of amides is 1. The van der Waals surface area contributed by atoms with Crippen molar-refractivity contribution in [1.82, 2.24) is 5.32 Å². The molecule has 1 aliphatic rings. The fourth-order valence-electron chi connectivity index (χ4n) is 2.10. The summed E-state index contributed by atoms with van der Waals surface area (Å²) in [6.07, 6.45) is 0.884. The van der Waals surface area contributed by atoms with Gasteiger partial charge in [-0.05, 0) is 18.9 Å². The van der Waals surface area contributed by atoms with Crippen molar-refractivity contribution in [3.63, 3.8) is 0 Å². The Kier molecular flexibility index (Phi) is 2.29. The minimum Gasteiger partial charge on any atom is -0.349 e. The molecule has 0 bridgehead atoms. The van der Waals surface area contributed by atoms with Crippen LogP contribution in [0.5, 0.6) is 0 Å². The Labute approximate surface area is 90.7 Å². The Morgan fingerprint density at radius 1 is 1.40 bits per heavy atom. The summed E-state index contributed by atoms with van der Waals surface area (Å²) in [7, 11) is 0. The first-order chi connectivity index (χ1) is 6.99. The minimum atomic E-state index is -0.228. The molecule has 1 saturated heterocycles. The lowest BCUT2D eigenvalue weighted by molar-refractivity contribution is -0.126. The molecule has 1 unspecified atom stereocenters. The number of benzene rings is 1. The Hall–Kier alpha value is -1.31. The zero-order valence-corrected chi connectivity index (χ0v) is 9.50. The maximum atomic E-state index is 11.7. The van der Waals surface area contributed by atoms with Gasteiger partial charge in [0.2, 0.25) is 5.91 Å². The van der Waals surface area contributed by atoms with Crippen LogP contribution in [0.3, 0.4) is 0 Å². The van der Waals surface area contributed by atoms with E-state index < -0.39 is 0 Å². The predicted molar refractivity (Wildman–Crippen MR) is 60.5 cm³/mol. The van der Waals surface area contributed by atoms with Crippen molar-refractivity contribution >= 4 is 5.91 Å². The van der Waals surface area contributed by atoms with Gasteiger partial charge >= 0.3 is 0 Å². The van der Waals surface area contributed by atoms with Crippen LogP contribution in [0.1, 0.15) is 37.4 Å². The number of carbonyl (C=O) groups is 1. The number of carbonyl (C=O) groups excluding carboxylic acids is 1. The summed E-state index contributed by atoms with van der Waals surface area (Å²) in [4.78, 5) is 11.7. The molecule has 0 aromatic heterocycles. The molecule has 80 valence electrons. The van der Waals surface area contributed by atoms with Crippen molar-refractivity contribution in [2.75, 3.05) is 0 Å². The second kappa shape index (κ2) is 3.37. The van der Waals surface area contributed by atoms with Gasteiger partial charge in [-0.1, -0.05) is 43.7 Å². The molecule has 1 aromatic rings. The highest BCUT2D eigenvalue weighted by molar-refractivity contribution is 5.84. The zero-order valence-electron chi connectivity index (χ0n) is 9.50. The summed E-state index contributed by atoms with van der Waals surface area (Å²) < 4.78 is 0. The summed E-state index contributed by atoms with van der Waals surface area (Å²) >= 11 is 0. The van der Waals surface area contributed by atoms with Gasteiger partial charge in [-0.3, -0.25) is 4.79 Å². The molecule has 1 aromatic carbocycles. The van der Waals surface area contributed by atoms with Crippen molar-refractivity contribution < 1.29 is 4.79 Å². The second-order valence-corrected chi connectivity index (χ2v) is 5.03. The lowest BCUT2D eigenvalue weighted by atomic mass is 9.88. The molecule has 0 radical (unpaired) electrons. The maximum Gasteiger partial charge on any atom is 0.226 e. The molecule has 1 N–H and O–H groups in total. The molecule has 1 fully saturated rings. The number of hydrogen-bond acceptors (Lipinski definition) is 1. The van der Waals surface area contributed by atoms with Crippen molar-refractivity contribution in [2.24, 2.45) is 5.41 Å². The normalized spacial score (nSPS) is 23.9. The minimum absolute atomic E-state index is 0.161. The Morgan fingerprint density at radius 3 is 2.67 bits per heavy atom. The number of aryl methyl sites for hydroxylation is 1. The van der Waals surface area contributed by atoms with Gasteiger partial charge in [-0.2, -0.15) is 0 Å². The fraction of sp³-hybridized carbons (Fsp3) is 0.462. The average molecular weight is 203 g/mol. The van der Waals surface area contributed by atoms with Gasteiger partial charge in [-0.15, -0.1) is 0 Å². The highest BCUT2D eigenvalue weighted by atomic mass is 16.2. The van der Waals surface area contributed by atoms with Crippen LogP contribution in [0, 0.1) is 12.3 Å². The number of hydrogen-bond donors (Lipinski definition) is 1. The second-order valence-electron chi connectivity index (χ2n) is 5.03. The summed E-state index contributed by atoms with van der Waals surface area (Å²) in [6, 6.07) is 8.53. The molecular weight excluding hydrogens is 186 g/mol. The van der Waals surface area contributed by atoms with Crippen LogP contribution >= 0.6 is 0 Å². The van der Waals surface area contributed by atoms with E-state index in [1.165, 1.54) is 11.1 Å². The van der Waals surface area contributed by atoms with E-state index in [4.69, 9.17) is 0 Å². The summed E-state index contributed by atoms with van der Waals surface area (Å²) in [5.41, 5.74) is 2.23. The molecule has 0 aliphatic carbocycles.